The SMILES string of the molecule is ClCCCN1CCC[C@@H]2OCCC[C@H]21. The Kier molecular flexibility index (Phi) is 4.09. The lowest BCUT2D eigenvalue weighted by molar-refractivity contribution is -0.0749. The van der Waals surface area contributed by atoms with Crippen LogP contribution >= 0.6 is 11.6 Å². The molecule has 0 aliphatic carbocycles. The number of likely N-dealkylation sites (tertiary alicyclic amines) is 1. The average Bonchev–Trinajstić information content (AvgIpc) is 2.26. The van der Waals surface area contributed by atoms with Crippen LogP contribution in [0.4, 0.5) is 0 Å². The van der Waals surface area contributed by atoms with Crippen molar-refractivity contribution in [3.05, 3.63) is 0 Å². The second-order valence-electron chi connectivity index (χ2n) is 4.34. The molecule has 2 nitrogen and oxygen atoms in total. The zero-order chi connectivity index (χ0) is 9.80. The van der Waals surface area contributed by atoms with Gasteiger partial charge in [-0.25, -0.2) is 0 Å². The fraction of sp³-hybridized carbons (Fsp3) is 1.00. The Labute approximate surface area is 91.6 Å². The molecule has 2 aliphatic heterocycles. The van der Waals surface area contributed by atoms with Crippen molar-refractivity contribution in [1.29, 1.82) is 0 Å². The summed E-state index contributed by atoms with van der Waals surface area (Å²) in [5.74, 6) is 0.786. The second kappa shape index (κ2) is 5.34. The van der Waals surface area contributed by atoms with E-state index in [0.717, 1.165) is 25.5 Å². The fourth-order valence-corrected chi connectivity index (χ4v) is 2.84. The maximum absolute atomic E-state index is 5.82. The molecule has 0 spiro atoms. The standard InChI is InChI=1S/C11H20ClNO/c12-6-3-8-13-7-1-5-11-10(13)4-2-9-14-11/h10-11H,1-9H2/t10-,11+/m1/s1. The third kappa shape index (κ3) is 2.41. The number of halogens is 1. The zero-order valence-corrected chi connectivity index (χ0v) is 9.51. The van der Waals surface area contributed by atoms with Gasteiger partial charge in [0.15, 0.2) is 0 Å². The minimum absolute atomic E-state index is 0.521. The van der Waals surface area contributed by atoms with Crippen LogP contribution in [0.2, 0.25) is 0 Å². The summed E-state index contributed by atoms with van der Waals surface area (Å²) in [6, 6.07) is 0.695. The van der Waals surface area contributed by atoms with E-state index in [1.165, 1.54) is 32.2 Å². The summed E-state index contributed by atoms with van der Waals surface area (Å²) in [4.78, 5) is 2.59. The van der Waals surface area contributed by atoms with E-state index < -0.39 is 0 Å². The van der Waals surface area contributed by atoms with Crippen LogP contribution in [0.1, 0.15) is 32.1 Å². The first kappa shape index (κ1) is 10.7. The van der Waals surface area contributed by atoms with Crippen LogP contribution in [0.3, 0.4) is 0 Å². The molecule has 0 radical (unpaired) electrons. The van der Waals surface area contributed by atoms with Crippen LogP contribution in [0.5, 0.6) is 0 Å². The van der Waals surface area contributed by atoms with Crippen LogP contribution in [-0.4, -0.2) is 42.6 Å². The summed E-state index contributed by atoms with van der Waals surface area (Å²) < 4.78 is 5.82. The highest BCUT2D eigenvalue weighted by atomic mass is 35.5. The second-order valence-corrected chi connectivity index (χ2v) is 4.72. The van der Waals surface area contributed by atoms with Gasteiger partial charge in [-0.2, -0.15) is 0 Å². The monoisotopic (exact) mass is 217 g/mol. The molecule has 2 rings (SSSR count). The van der Waals surface area contributed by atoms with Crippen molar-refractivity contribution in [2.24, 2.45) is 0 Å². The van der Waals surface area contributed by atoms with E-state index in [9.17, 15) is 0 Å². The van der Waals surface area contributed by atoms with E-state index in [1.807, 2.05) is 0 Å². The summed E-state index contributed by atoms with van der Waals surface area (Å²) in [7, 11) is 0. The van der Waals surface area contributed by atoms with Gasteiger partial charge in [-0.3, -0.25) is 4.90 Å². The van der Waals surface area contributed by atoms with Gasteiger partial charge in [-0.1, -0.05) is 0 Å². The van der Waals surface area contributed by atoms with Gasteiger partial charge in [-0.05, 0) is 45.2 Å². The first-order valence-corrected chi connectivity index (χ1v) is 6.37. The van der Waals surface area contributed by atoms with Gasteiger partial charge >= 0.3 is 0 Å². The van der Waals surface area contributed by atoms with Crippen molar-refractivity contribution in [2.45, 2.75) is 44.2 Å². The van der Waals surface area contributed by atoms with Gasteiger partial charge in [0, 0.05) is 18.5 Å². The Morgan fingerprint density at radius 1 is 1.29 bits per heavy atom. The molecule has 3 heteroatoms. The molecule has 14 heavy (non-hydrogen) atoms. The van der Waals surface area contributed by atoms with Gasteiger partial charge < -0.3 is 4.74 Å². The van der Waals surface area contributed by atoms with Crippen LogP contribution < -0.4 is 0 Å². The van der Waals surface area contributed by atoms with E-state index in [2.05, 4.69) is 4.90 Å². The Morgan fingerprint density at radius 2 is 2.21 bits per heavy atom. The summed E-state index contributed by atoms with van der Waals surface area (Å²) >= 11 is 5.74. The topological polar surface area (TPSA) is 12.5 Å². The summed E-state index contributed by atoms with van der Waals surface area (Å²) in [6.45, 7) is 3.39. The third-order valence-electron chi connectivity index (χ3n) is 3.39. The molecular weight excluding hydrogens is 198 g/mol. The van der Waals surface area contributed by atoms with Crippen molar-refractivity contribution in [3.63, 3.8) is 0 Å². The summed E-state index contributed by atoms with van der Waals surface area (Å²) in [6.07, 6.45) is 6.76. The number of ether oxygens (including phenoxy) is 1. The minimum Gasteiger partial charge on any atom is -0.377 e. The first-order valence-electron chi connectivity index (χ1n) is 5.83. The smallest absolute Gasteiger partial charge is 0.0730 e. The number of rotatable bonds is 3. The van der Waals surface area contributed by atoms with Gasteiger partial charge in [0.2, 0.25) is 0 Å². The van der Waals surface area contributed by atoms with Crippen molar-refractivity contribution < 1.29 is 4.74 Å². The lowest BCUT2D eigenvalue weighted by Crippen LogP contribution is -2.51. The third-order valence-corrected chi connectivity index (χ3v) is 3.65. The van der Waals surface area contributed by atoms with Gasteiger partial charge in [-0.15, -0.1) is 11.6 Å². The van der Waals surface area contributed by atoms with Gasteiger partial charge in [0.05, 0.1) is 6.10 Å². The Hall–Kier alpha value is 0.210. The molecule has 2 heterocycles. The van der Waals surface area contributed by atoms with Gasteiger partial charge in [0.25, 0.3) is 0 Å². The van der Waals surface area contributed by atoms with Crippen LogP contribution in [0.15, 0.2) is 0 Å². The minimum atomic E-state index is 0.521. The molecule has 0 N–H and O–H groups in total. The maximum Gasteiger partial charge on any atom is 0.0730 e. The van der Waals surface area contributed by atoms with E-state index in [4.69, 9.17) is 16.3 Å². The molecule has 2 atom stereocenters. The molecule has 0 aromatic rings. The molecule has 0 saturated carbocycles. The quantitative estimate of drug-likeness (QED) is 0.673. The highest BCUT2D eigenvalue weighted by Crippen LogP contribution is 2.27. The number of fused-ring (bicyclic) bond motifs is 1. The number of alkyl halides is 1. The van der Waals surface area contributed by atoms with Crippen LogP contribution in [0, 0.1) is 0 Å². The highest BCUT2D eigenvalue weighted by Gasteiger charge is 2.33. The van der Waals surface area contributed by atoms with Crippen LogP contribution in [-0.2, 0) is 4.74 Å². The number of hydrogen-bond donors (Lipinski definition) is 0. The zero-order valence-electron chi connectivity index (χ0n) is 8.75. The first-order chi connectivity index (χ1) is 6.92. The van der Waals surface area contributed by atoms with Crippen molar-refractivity contribution in [1.82, 2.24) is 4.90 Å². The molecule has 2 fully saturated rings. The predicted octanol–water partition coefficient (Wildman–Crippen LogP) is 2.26. The molecule has 82 valence electrons. The predicted molar refractivity (Wildman–Crippen MR) is 58.9 cm³/mol. The molecular formula is C11H20ClNO. The molecule has 0 unspecified atom stereocenters. The molecule has 0 bridgehead atoms. The number of piperidine rings is 1. The molecule has 2 saturated heterocycles. The maximum atomic E-state index is 5.82. The fourth-order valence-electron chi connectivity index (χ4n) is 2.72. The normalized spacial score (nSPS) is 34.1. The van der Waals surface area contributed by atoms with Crippen molar-refractivity contribution >= 4 is 11.6 Å². The molecule has 2 aliphatic rings. The highest BCUT2D eigenvalue weighted by molar-refractivity contribution is 6.17. The average molecular weight is 218 g/mol. The number of nitrogens with zero attached hydrogens (tertiary/aromatic N) is 1. The van der Waals surface area contributed by atoms with E-state index >= 15 is 0 Å². The van der Waals surface area contributed by atoms with Gasteiger partial charge in [0.1, 0.15) is 0 Å². The Balaban J connectivity index is 1.88. The van der Waals surface area contributed by atoms with E-state index in [-0.39, 0.29) is 0 Å². The summed E-state index contributed by atoms with van der Waals surface area (Å²) in [5.41, 5.74) is 0. The molecule has 0 aromatic heterocycles. The molecule has 0 amide bonds. The van der Waals surface area contributed by atoms with E-state index in [0.29, 0.717) is 12.1 Å². The largest absolute Gasteiger partial charge is 0.377 e. The van der Waals surface area contributed by atoms with Crippen molar-refractivity contribution in [2.75, 3.05) is 25.6 Å². The Morgan fingerprint density at radius 3 is 3.07 bits per heavy atom. The Bertz CT molecular complexity index is 175. The summed E-state index contributed by atoms with van der Waals surface area (Å²) in [5, 5.41) is 0. The lowest BCUT2D eigenvalue weighted by atomic mass is 9.93. The number of hydrogen-bond acceptors (Lipinski definition) is 2. The lowest BCUT2D eigenvalue weighted by Gasteiger charge is -2.43. The molecule has 0 aromatic carbocycles. The van der Waals surface area contributed by atoms with E-state index in [1.54, 1.807) is 0 Å². The van der Waals surface area contributed by atoms with Crippen molar-refractivity contribution in [3.8, 4) is 0 Å². The van der Waals surface area contributed by atoms with Crippen LogP contribution in [0.25, 0.3) is 0 Å².